The first kappa shape index (κ1) is 8.78. The van der Waals surface area contributed by atoms with Gasteiger partial charge in [-0.05, 0) is 11.4 Å². The minimum absolute atomic E-state index is 1.20. The van der Waals surface area contributed by atoms with E-state index in [1.54, 1.807) is 22.7 Å². The second-order valence-corrected chi connectivity index (χ2v) is 4.46. The van der Waals surface area contributed by atoms with Gasteiger partial charge in [-0.2, -0.15) is 0 Å². The summed E-state index contributed by atoms with van der Waals surface area (Å²) in [6, 6.07) is 2.11. The molecule has 1 nitrogen and oxygen atoms in total. The SMILES string of the molecule is CN(C)c1cscc1-c1[c]scc1. The van der Waals surface area contributed by atoms with E-state index in [2.05, 4.69) is 46.6 Å². The number of hydrogen-bond acceptors (Lipinski definition) is 3. The van der Waals surface area contributed by atoms with Crippen LogP contribution in [0.1, 0.15) is 0 Å². The fourth-order valence-electron chi connectivity index (χ4n) is 1.22. The lowest BCUT2D eigenvalue weighted by Gasteiger charge is -2.12. The van der Waals surface area contributed by atoms with E-state index in [1.165, 1.54) is 16.8 Å². The Balaban J connectivity index is 2.46. The Hall–Kier alpha value is -0.800. The van der Waals surface area contributed by atoms with Crippen molar-refractivity contribution in [2.24, 2.45) is 0 Å². The number of nitrogens with zero attached hydrogens (tertiary/aromatic N) is 1. The molecule has 0 aliphatic carbocycles. The topological polar surface area (TPSA) is 3.24 Å². The summed E-state index contributed by atoms with van der Waals surface area (Å²) in [5.74, 6) is 0. The molecule has 0 saturated carbocycles. The summed E-state index contributed by atoms with van der Waals surface area (Å²) in [4.78, 5) is 2.14. The van der Waals surface area contributed by atoms with Crippen LogP contribution < -0.4 is 4.90 Å². The lowest BCUT2D eigenvalue weighted by atomic mass is 10.1. The average molecular weight is 208 g/mol. The maximum atomic E-state index is 3.26. The largest absolute Gasteiger partial charge is 0.376 e. The van der Waals surface area contributed by atoms with Crippen molar-refractivity contribution in [3.8, 4) is 11.1 Å². The van der Waals surface area contributed by atoms with E-state index >= 15 is 0 Å². The van der Waals surface area contributed by atoms with E-state index in [-0.39, 0.29) is 0 Å². The fourth-order valence-corrected chi connectivity index (χ4v) is 2.71. The highest BCUT2D eigenvalue weighted by Gasteiger charge is 2.07. The summed E-state index contributed by atoms with van der Waals surface area (Å²) in [7, 11) is 4.13. The molecule has 2 heterocycles. The molecule has 3 heteroatoms. The minimum atomic E-state index is 1.20. The first-order valence-electron chi connectivity index (χ1n) is 3.98. The molecule has 0 bridgehead atoms. The summed E-state index contributed by atoms with van der Waals surface area (Å²) >= 11 is 3.36. The Bertz CT molecular complexity index is 373. The molecular formula is C10H10NS2. The molecule has 0 saturated heterocycles. The molecule has 0 spiro atoms. The van der Waals surface area contributed by atoms with Gasteiger partial charge >= 0.3 is 0 Å². The Morgan fingerprint density at radius 1 is 1.31 bits per heavy atom. The zero-order chi connectivity index (χ0) is 9.26. The lowest BCUT2D eigenvalue weighted by Crippen LogP contribution is -2.08. The Morgan fingerprint density at radius 3 is 2.77 bits per heavy atom. The van der Waals surface area contributed by atoms with Gasteiger partial charge in [-0.15, -0.1) is 22.7 Å². The predicted molar refractivity (Wildman–Crippen MR) is 60.8 cm³/mol. The van der Waals surface area contributed by atoms with Crippen molar-refractivity contribution in [3.05, 3.63) is 27.6 Å². The molecule has 0 aliphatic rings. The zero-order valence-corrected chi connectivity index (χ0v) is 9.21. The van der Waals surface area contributed by atoms with Crippen LogP contribution in [-0.2, 0) is 0 Å². The summed E-state index contributed by atoms with van der Waals surface area (Å²) < 4.78 is 0. The van der Waals surface area contributed by atoms with Gasteiger partial charge in [0.15, 0.2) is 0 Å². The van der Waals surface area contributed by atoms with Crippen LogP contribution in [0.2, 0.25) is 0 Å². The van der Waals surface area contributed by atoms with Crippen molar-refractivity contribution in [2.45, 2.75) is 0 Å². The second kappa shape index (κ2) is 3.52. The number of rotatable bonds is 2. The van der Waals surface area contributed by atoms with Gasteiger partial charge in [-0.25, -0.2) is 0 Å². The van der Waals surface area contributed by atoms with Gasteiger partial charge < -0.3 is 4.90 Å². The molecule has 0 amide bonds. The van der Waals surface area contributed by atoms with Crippen molar-refractivity contribution >= 4 is 28.4 Å². The van der Waals surface area contributed by atoms with Crippen LogP contribution in [0.4, 0.5) is 5.69 Å². The standard InChI is InChI=1S/C10H10NS2/c1-11(2)10-7-13-6-9(10)8-3-4-12-5-8/h3-4,6-7H,1-2H3. The van der Waals surface area contributed by atoms with Crippen LogP contribution in [0.3, 0.4) is 0 Å². The van der Waals surface area contributed by atoms with Gasteiger partial charge in [0.25, 0.3) is 0 Å². The van der Waals surface area contributed by atoms with E-state index in [4.69, 9.17) is 0 Å². The third kappa shape index (κ3) is 1.62. The van der Waals surface area contributed by atoms with Crippen LogP contribution in [0.15, 0.2) is 22.2 Å². The molecule has 67 valence electrons. The predicted octanol–water partition coefficient (Wildman–Crippen LogP) is 3.34. The molecule has 0 aromatic carbocycles. The molecule has 2 aromatic rings. The molecule has 0 N–H and O–H groups in total. The maximum Gasteiger partial charge on any atom is 0.0549 e. The first-order chi connectivity index (χ1) is 6.29. The van der Waals surface area contributed by atoms with Crippen LogP contribution in [-0.4, -0.2) is 14.1 Å². The van der Waals surface area contributed by atoms with E-state index in [0.717, 1.165) is 0 Å². The van der Waals surface area contributed by atoms with Gasteiger partial charge in [0, 0.05) is 36.0 Å². The van der Waals surface area contributed by atoms with Crippen molar-refractivity contribution < 1.29 is 0 Å². The second-order valence-electron chi connectivity index (χ2n) is 3.00. The van der Waals surface area contributed by atoms with Crippen molar-refractivity contribution in [1.29, 1.82) is 0 Å². The molecule has 13 heavy (non-hydrogen) atoms. The number of anilines is 1. The van der Waals surface area contributed by atoms with Crippen LogP contribution in [0, 0.1) is 5.38 Å². The van der Waals surface area contributed by atoms with E-state index in [9.17, 15) is 0 Å². The van der Waals surface area contributed by atoms with Crippen LogP contribution in [0.25, 0.3) is 11.1 Å². The molecule has 0 atom stereocenters. The van der Waals surface area contributed by atoms with Crippen molar-refractivity contribution in [3.63, 3.8) is 0 Å². The number of hydrogen-bond donors (Lipinski definition) is 0. The van der Waals surface area contributed by atoms with Crippen LogP contribution in [0.5, 0.6) is 0 Å². The van der Waals surface area contributed by atoms with Gasteiger partial charge in [0.1, 0.15) is 0 Å². The summed E-state index contributed by atoms with van der Waals surface area (Å²) in [5.41, 5.74) is 3.77. The van der Waals surface area contributed by atoms with Crippen molar-refractivity contribution in [2.75, 3.05) is 19.0 Å². The summed E-state index contributed by atoms with van der Waals surface area (Å²) in [6.07, 6.45) is 0. The van der Waals surface area contributed by atoms with Gasteiger partial charge in [-0.3, -0.25) is 0 Å². The molecule has 0 aliphatic heterocycles. The normalized spacial score (nSPS) is 10.3. The van der Waals surface area contributed by atoms with E-state index in [1.807, 2.05) is 0 Å². The molecular weight excluding hydrogens is 198 g/mol. The zero-order valence-electron chi connectivity index (χ0n) is 7.57. The molecule has 2 rings (SSSR count). The van der Waals surface area contributed by atoms with E-state index in [0.29, 0.717) is 0 Å². The Kier molecular flexibility index (Phi) is 2.38. The van der Waals surface area contributed by atoms with Crippen molar-refractivity contribution in [1.82, 2.24) is 0 Å². The summed E-state index contributed by atoms with van der Waals surface area (Å²) in [6.45, 7) is 0. The highest BCUT2D eigenvalue weighted by Crippen LogP contribution is 2.33. The minimum Gasteiger partial charge on any atom is -0.376 e. The van der Waals surface area contributed by atoms with Gasteiger partial charge in [0.05, 0.1) is 11.1 Å². The fraction of sp³-hybridized carbons (Fsp3) is 0.200. The molecule has 0 unspecified atom stereocenters. The third-order valence-corrected chi connectivity index (χ3v) is 3.23. The Labute approximate surface area is 86.3 Å². The monoisotopic (exact) mass is 208 g/mol. The summed E-state index contributed by atoms with van der Waals surface area (Å²) in [5, 5.41) is 9.66. The molecule has 2 aromatic heterocycles. The Morgan fingerprint density at radius 2 is 2.15 bits per heavy atom. The smallest absolute Gasteiger partial charge is 0.0549 e. The average Bonchev–Trinajstić information content (AvgIpc) is 2.74. The molecule has 1 radical (unpaired) electrons. The van der Waals surface area contributed by atoms with E-state index < -0.39 is 0 Å². The first-order valence-corrected chi connectivity index (χ1v) is 5.80. The number of thiophene rings is 2. The quantitative estimate of drug-likeness (QED) is 0.731. The van der Waals surface area contributed by atoms with Crippen LogP contribution >= 0.6 is 22.7 Å². The third-order valence-electron chi connectivity index (χ3n) is 1.89. The van der Waals surface area contributed by atoms with Gasteiger partial charge in [-0.1, -0.05) is 0 Å². The highest BCUT2D eigenvalue weighted by molar-refractivity contribution is 7.09. The van der Waals surface area contributed by atoms with Gasteiger partial charge in [0.2, 0.25) is 0 Å². The lowest BCUT2D eigenvalue weighted by molar-refractivity contribution is 1.14. The molecule has 0 fully saturated rings. The maximum absolute atomic E-state index is 3.26. The highest BCUT2D eigenvalue weighted by atomic mass is 32.1.